The van der Waals surface area contributed by atoms with Gasteiger partial charge in [0.05, 0.1) is 7.11 Å². The van der Waals surface area contributed by atoms with Crippen LogP contribution < -0.4 is 0 Å². The van der Waals surface area contributed by atoms with Crippen LogP contribution in [0.4, 0.5) is 0 Å². The highest BCUT2D eigenvalue weighted by molar-refractivity contribution is 6.01. The highest BCUT2D eigenvalue weighted by Gasteiger charge is 2.54. The number of phenols is 1. The third kappa shape index (κ3) is 9.30. The molecule has 2 aliphatic rings. The van der Waals surface area contributed by atoms with Gasteiger partial charge in [-0.25, -0.2) is 0 Å². The molecule has 0 saturated carbocycles. The largest absolute Gasteiger partial charge is 0.507 e. The Labute approximate surface area is 309 Å². The van der Waals surface area contributed by atoms with Gasteiger partial charge in [-0.1, -0.05) is 53.7 Å². The number of benzene rings is 1. The van der Waals surface area contributed by atoms with E-state index in [0.717, 1.165) is 0 Å². The van der Waals surface area contributed by atoms with Crippen molar-refractivity contribution in [2.75, 3.05) is 21.2 Å². The van der Waals surface area contributed by atoms with Gasteiger partial charge < -0.3 is 19.3 Å². The summed E-state index contributed by atoms with van der Waals surface area (Å²) in [7, 11) is 5.48. The smallest absolute Gasteiger partial charge is 0.324 e. The van der Waals surface area contributed by atoms with E-state index in [1.54, 1.807) is 0 Å². The summed E-state index contributed by atoms with van der Waals surface area (Å²) in [6.45, 7) is 29.2. The van der Waals surface area contributed by atoms with Crippen molar-refractivity contribution in [3.63, 3.8) is 0 Å². The molecule has 0 unspecified atom stereocenters. The fourth-order valence-corrected chi connectivity index (χ4v) is 8.48. The number of ether oxygens (including phenoxy) is 3. The fraction of sp³-hybridized carbons (Fsp3) is 0.786. The standard InChI is InChI=1S/C42H70N2O7/c1-36(2,3)30-20-27(21-31(33(30)46)37(4,5)6)22-42(19-18-32(45)49-17,34(47)50-28-23-38(7,8)43(15)39(9,10)24-28)35(48)51-29-25-40(11,12)44(16)41(13,14)26-29/h20-21,28-29,46H,18-19,22-26H2,1-17H3. The van der Waals surface area contributed by atoms with E-state index < -0.39 is 46.4 Å². The molecule has 1 aromatic carbocycles. The van der Waals surface area contributed by atoms with Gasteiger partial charge in [0.2, 0.25) is 0 Å². The summed E-state index contributed by atoms with van der Waals surface area (Å²) in [5, 5.41) is 11.5. The predicted molar refractivity (Wildman–Crippen MR) is 203 cm³/mol. The van der Waals surface area contributed by atoms with Gasteiger partial charge >= 0.3 is 17.9 Å². The summed E-state index contributed by atoms with van der Waals surface area (Å²) in [6.07, 6.45) is 1.03. The maximum Gasteiger partial charge on any atom is 0.324 e. The Morgan fingerprint density at radius 2 is 1.04 bits per heavy atom. The minimum atomic E-state index is -1.86. The number of esters is 3. The van der Waals surface area contributed by atoms with Crippen LogP contribution >= 0.6 is 0 Å². The highest BCUT2D eigenvalue weighted by atomic mass is 16.6. The van der Waals surface area contributed by atoms with E-state index in [0.29, 0.717) is 42.4 Å². The van der Waals surface area contributed by atoms with Crippen molar-refractivity contribution in [1.82, 2.24) is 9.80 Å². The molecular weight excluding hydrogens is 644 g/mol. The molecule has 2 fully saturated rings. The van der Waals surface area contributed by atoms with Crippen LogP contribution in [0.15, 0.2) is 12.1 Å². The molecule has 0 radical (unpaired) electrons. The van der Waals surface area contributed by atoms with Crippen LogP contribution in [0.3, 0.4) is 0 Å². The number of rotatable bonds is 9. The van der Waals surface area contributed by atoms with Gasteiger partial charge in [-0.3, -0.25) is 24.2 Å². The van der Waals surface area contributed by atoms with Crippen molar-refractivity contribution in [1.29, 1.82) is 0 Å². The molecule has 0 amide bonds. The van der Waals surface area contributed by atoms with Crippen LogP contribution in [-0.4, -0.2) is 88.4 Å². The number of hydrogen-bond donors (Lipinski definition) is 1. The SMILES string of the molecule is COC(=O)CCC(Cc1cc(C(C)(C)C)c(O)c(C(C)(C)C)c1)(C(=O)OC1CC(C)(C)N(C)C(C)(C)C1)C(=O)OC1CC(C)(C)N(C)C(C)(C)C1. The first-order valence-corrected chi connectivity index (χ1v) is 18.7. The molecule has 0 bridgehead atoms. The lowest BCUT2D eigenvalue weighted by Gasteiger charge is -2.53. The van der Waals surface area contributed by atoms with E-state index in [9.17, 15) is 9.90 Å². The van der Waals surface area contributed by atoms with Crippen LogP contribution in [0.2, 0.25) is 0 Å². The summed E-state index contributed by atoms with van der Waals surface area (Å²) in [5.74, 6) is -1.70. The summed E-state index contributed by atoms with van der Waals surface area (Å²) in [4.78, 5) is 47.4. The molecule has 9 nitrogen and oxygen atoms in total. The lowest BCUT2D eigenvalue weighted by molar-refractivity contribution is -0.188. The lowest BCUT2D eigenvalue weighted by Crippen LogP contribution is -2.61. The number of piperidine rings is 2. The van der Waals surface area contributed by atoms with Crippen molar-refractivity contribution in [2.24, 2.45) is 5.41 Å². The molecule has 2 aliphatic heterocycles. The Hall–Kier alpha value is -2.65. The van der Waals surface area contributed by atoms with E-state index in [-0.39, 0.29) is 47.2 Å². The van der Waals surface area contributed by atoms with Crippen molar-refractivity contribution >= 4 is 17.9 Å². The van der Waals surface area contributed by atoms with E-state index in [2.05, 4.69) is 79.3 Å². The van der Waals surface area contributed by atoms with Crippen molar-refractivity contribution in [3.05, 3.63) is 28.8 Å². The molecule has 51 heavy (non-hydrogen) atoms. The molecule has 3 rings (SSSR count). The molecule has 0 spiro atoms. The Morgan fingerprint density at radius 1 is 0.706 bits per heavy atom. The molecule has 0 atom stereocenters. The highest BCUT2D eigenvalue weighted by Crippen LogP contribution is 2.45. The zero-order valence-corrected chi connectivity index (χ0v) is 35.1. The average molecular weight is 715 g/mol. The molecule has 2 heterocycles. The van der Waals surface area contributed by atoms with Gasteiger partial charge in [0.25, 0.3) is 0 Å². The number of likely N-dealkylation sites (tertiary alicyclic amines) is 2. The van der Waals surface area contributed by atoms with Crippen LogP contribution in [0, 0.1) is 5.41 Å². The van der Waals surface area contributed by atoms with Crippen LogP contribution in [0.5, 0.6) is 5.75 Å². The second kappa shape index (κ2) is 14.3. The quantitative estimate of drug-likeness (QED) is 0.156. The Bertz CT molecular complexity index is 1330. The molecule has 290 valence electrons. The van der Waals surface area contributed by atoms with Crippen molar-refractivity contribution in [2.45, 2.75) is 187 Å². The molecule has 9 heteroatoms. The topological polar surface area (TPSA) is 106 Å². The first-order chi connectivity index (χ1) is 22.9. The zero-order chi connectivity index (χ0) is 39.3. The van der Waals surface area contributed by atoms with Crippen LogP contribution in [0.1, 0.15) is 152 Å². The Morgan fingerprint density at radius 3 is 1.33 bits per heavy atom. The molecular formula is C42H70N2O7. The lowest BCUT2D eigenvalue weighted by atomic mass is 9.73. The number of carbonyl (C=O) groups excluding carboxylic acids is 3. The van der Waals surface area contributed by atoms with E-state index >= 15 is 9.59 Å². The fourth-order valence-electron chi connectivity index (χ4n) is 8.48. The van der Waals surface area contributed by atoms with Gasteiger partial charge in [-0.15, -0.1) is 0 Å². The Balaban J connectivity index is 2.25. The summed E-state index contributed by atoms with van der Waals surface area (Å²) >= 11 is 0. The van der Waals surface area contributed by atoms with E-state index in [1.807, 2.05) is 53.7 Å². The van der Waals surface area contributed by atoms with Gasteiger partial charge in [-0.05, 0) is 110 Å². The average Bonchev–Trinajstić information content (AvgIpc) is 2.95. The van der Waals surface area contributed by atoms with Crippen LogP contribution in [0.25, 0.3) is 0 Å². The van der Waals surface area contributed by atoms with Gasteiger partial charge in [-0.2, -0.15) is 0 Å². The van der Waals surface area contributed by atoms with Crippen LogP contribution in [-0.2, 0) is 45.8 Å². The first kappa shape index (κ1) is 42.8. The van der Waals surface area contributed by atoms with Crippen molar-refractivity contribution in [3.8, 4) is 5.75 Å². The summed E-state index contributed by atoms with van der Waals surface area (Å²) in [5.41, 5.74) is -1.70. The Kier molecular flexibility index (Phi) is 12.0. The molecule has 0 aliphatic carbocycles. The number of nitrogens with zero attached hydrogens (tertiary/aromatic N) is 2. The van der Waals surface area contributed by atoms with Crippen molar-refractivity contribution < 1.29 is 33.7 Å². The number of hydrogen-bond acceptors (Lipinski definition) is 9. The maximum absolute atomic E-state index is 15.0. The molecule has 2 saturated heterocycles. The van der Waals surface area contributed by atoms with Gasteiger partial charge in [0, 0.05) is 54.3 Å². The molecule has 0 aromatic heterocycles. The first-order valence-electron chi connectivity index (χ1n) is 18.7. The zero-order valence-electron chi connectivity index (χ0n) is 35.1. The minimum Gasteiger partial charge on any atom is -0.507 e. The maximum atomic E-state index is 15.0. The normalized spacial score (nSPS) is 21.6. The molecule has 1 aromatic rings. The monoisotopic (exact) mass is 715 g/mol. The third-order valence-electron chi connectivity index (χ3n) is 12.1. The third-order valence-corrected chi connectivity index (χ3v) is 12.1. The number of methoxy groups -OCH3 is 1. The van der Waals surface area contributed by atoms with E-state index in [4.69, 9.17) is 14.2 Å². The van der Waals surface area contributed by atoms with Gasteiger partial charge in [0.15, 0.2) is 5.41 Å². The van der Waals surface area contributed by atoms with E-state index in [1.165, 1.54) is 7.11 Å². The number of carbonyl (C=O) groups is 3. The summed E-state index contributed by atoms with van der Waals surface area (Å²) in [6, 6.07) is 3.78. The number of aromatic hydroxyl groups is 1. The number of phenolic OH excluding ortho intramolecular Hbond substituents is 1. The predicted octanol–water partition coefficient (Wildman–Crippen LogP) is 7.86. The second-order valence-corrected chi connectivity index (χ2v) is 20.1. The molecule has 1 N–H and O–H groups in total. The van der Waals surface area contributed by atoms with Gasteiger partial charge in [0.1, 0.15) is 18.0 Å². The summed E-state index contributed by atoms with van der Waals surface area (Å²) < 4.78 is 18.0. The second-order valence-electron chi connectivity index (χ2n) is 20.1. The minimum absolute atomic E-state index is 0.0626.